The van der Waals surface area contributed by atoms with Crippen molar-refractivity contribution in [2.45, 2.75) is 26.2 Å². The number of fused-ring (bicyclic) bond motifs is 3. The number of hydrogen-bond donors (Lipinski definition) is 0. The summed E-state index contributed by atoms with van der Waals surface area (Å²) < 4.78 is 9.05. The average molecular weight is 610 g/mol. The molecule has 7 aromatic rings. The molecule has 0 spiro atoms. The van der Waals surface area contributed by atoms with Gasteiger partial charge in [-0.3, -0.25) is 4.98 Å². The first-order chi connectivity index (χ1) is 21.4. The van der Waals surface area contributed by atoms with Gasteiger partial charge in [-0.1, -0.05) is 56.4 Å². The number of ether oxygens (including phenoxy) is 1. The second kappa shape index (κ2) is 10.5. The monoisotopic (exact) mass is 609 g/mol. The Morgan fingerprint density at radius 2 is 1.55 bits per heavy atom. The van der Waals surface area contributed by atoms with Gasteiger partial charge in [-0.15, -0.1) is 11.3 Å². The number of nitrogens with zero attached hydrogens (tertiary/aromatic N) is 3. The van der Waals surface area contributed by atoms with Gasteiger partial charge >= 0.3 is 0 Å². The van der Waals surface area contributed by atoms with E-state index in [1.165, 1.54) is 47.8 Å². The van der Waals surface area contributed by atoms with Crippen molar-refractivity contribution in [3.63, 3.8) is 0 Å². The molecule has 0 saturated heterocycles. The van der Waals surface area contributed by atoms with Crippen LogP contribution in [0.1, 0.15) is 26.3 Å². The van der Waals surface area contributed by atoms with Crippen molar-refractivity contribution >= 4 is 65.0 Å². The lowest BCUT2D eigenvalue weighted by molar-refractivity contribution is 0.497. The Balaban J connectivity index is 1.18. The van der Waals surface area contributed by atoms with Gasteiger partial charge in [0.15, 0.2) is 5.06 Å². The first-order valence-electron chi connectivity index (χ1n) is 14.8. The van der Waals surface area contributed by atoms with Crippen molar-refractivity contribution in [3.05, 3.63) is 127 Å². The highest BCUT2D eigenvalue weighted by atomic mass is 32.1. The fourth-order valence-electron chi connectivity index (χ4n) is 5.91. The zero-order chi connectivity index (χ0) is 29.8. The van der Waals surface area contributed by atoms with E-state index in [1.54, 1.807) is 22.7 Å². The Morgan fingerprint density at radius 1 is 0.727 bits per heavy atom. The third kappa shape index (κ3) is 4.90. The quantitative estimate of drug-likeness (QED) is 0.194. The van der Waals surface area contributed by atoms with Crippen LogP contribution in [0.4, 0.5) is 11.4 Å². The van der Waals surface area contributed by atoms with Crippen LogP contribution in [0.3, 0.4) is 0 Å². The van der Waals surface area contributed by atoms with E-state index in [4.69, 9.17) is 9.72 Å². The Hall–Kier alpha value is -4.65. The highest BCUT2D eigenvalue weighted by Gasteiger charge is 2.20. The molecule has 0 bridgehead atoms. The van der Waals surface area contributed by atoms with Gasteiger partial charge in [-0.25, -0.2) is 0 Å². The number of rotatable bonds is 5. The molecule has 0 unspecified atom stereocenters. The molecule has 0 atom stereocenters. The average Bonchev–Trinajstić information content (AvgIpc) is 3.79. The highest BCUT2D eigenvalue weighted by Crippen LogP contribution is 2.45. The molecule has 0 amide bonds. The van der Waals surface area contributed by atoms with Crippen molar-refractivity contribution in [3.8, 4) is 22.1 Å². The first-order valence-corrected chi connectivity index (χ1v) is 16.5. The maximum absolute atomic E-state index is 6.57. The van der Waals surface area contributed by atoms with Crippen LogP contribution in [-0.4, -0.2) is 11.7 Å². The minimum absolute atomic E-state index is 0.0268. The molecule has 0 fully saturated rings. The smallest absolute Gasteiger partial charge is 0.182 e. The van der Waals surface area contributed by atoms with E-state index in [1.807, 2.05) is 18.3 Å². The fraction of sp³-hybridized carbons (Fsp3) is 0.132. The Bertz CT molecular complexity index is 2190. The molecule has 0 radical (unpaired) electrons. The third-order valence-electron chi connectivity index (χ3n) is 8.26. The Morgan fingerprint density at radius 3 is 2.39 bits per heavy atom. The van der Waals surface area contributed by atoms with Gasteiger partial charge in [0.25, 0.3) is 0 Å². The van der Waals surface area contributed by atoms with Gasteiger partial charge in [-0.05, 0) is 93.2 Å². The molecule has 1 aliphatic rings. The van der Waals surface area contributed by atoms with Crippen LogP contribution < -0.4 is 14.5 Å². The minimum Gasteiger partial charge on any atom is -0.447 e. The molecule has 4 aromatic carbocycles. The van der Waals surface area contributed by atoms with Gasteiger partial charge in [0.2, 0.25) is 0 Å². The minimum atomic E-state index is 0.0268. The number of pyridine rings is 1. The fourth-order valence-corrected chi connectivity index (χ4v) is 7.71. The summed E-state index contributed by atoms with van der Waals surface area (Å²) in [6.07, 6.45) is 6.19. The van der Waals surface area contributed by atoms with Crippen LogP contribution >= 0.6 is 22.7 Å². The molecule has 0 saturated carbocycles. The number of benzene rings is 4. The van der Waals surface area contributed by atoms with E-state index in [2.05, 4.69) is 133 Å². The van der Waals surface area contributed by atoms with Crippen molar-refractivity contribution in [1.29, 1.82) is 0 Å². The van der Waals surface area contributed by atoms with Crippen molar-refractivity contribution in [2.75, 3.05) is 16.5 Å². The number of hydrogen-bond acceptors (Lipinski definition) is 6. The molecule has 1 aliphatic heterocycles. The van der Waals surface area contributed by atoms with E-state index < -0.39 is 0 Å². The van der Waals surface area contributed by atoms with Crippen molar-refractivity contribution in [1.82, 2.24) is 4.98 Å². The maximum Gasteiger partial charge on any atom is 0.182 e. The lowest BCUT2D eigenvalue weighted by atomic mass is 9.86. The van der Waals surface area contributed by atoms with E-state index in [-0.39, 0.29) is 5.41 Å². The van der Waals surface area contributed by atoms with Crippen LogP contribution in [0.2, 0.25) is 0 Å². The van der Waals surface area contributed by atoms with Gasteiger partial charge in [0, 0.05) is 62.5 Å². The van der Waals surface area contributed by atoms with Crippen LogP contribution in [0.25, 0.3) is 42.2 Å². The van der Waals surface area contributed by atoms with Gasteiger partial charge in [0.05, 0.1) is 12.4 Å². The second-order valence-corrected chi connectivity index (χ2v) is 14.2. The predicted molar refractivity (Wildman–Crippen MR) is 189 cm³/mol. The van der Waals surface area contributed by atoms with E-state index in [0.717, 1.165) is 28.9 Å². The van der Waals surface area contributed by atoms with Gasteiger partial charge in [-0.2, -0.15) is 0 Å². The lowest BCUT2D eigenvalue weighted by Crippen LogP contribution is -2.24. The number of thiophene rings is 2. The van der Waals surface area contributed by atoms with Crippen LogP contribution in [0.5, 0.6) is 10.8 Å². The van der Waals surface area contributed by atoms with Crippen LogP contribution in [0.15, 0.2) is 121 Å². The molecular formula is C38H31N3OS2. The van der Waals surface area contributed by atoms with E-state index in [9.17, 15) is 0 Å². The van der Waals surface area contributed by atoms with Gasteiger partial charge < -0.3 is 14.5 Å². The molecule has 4 heterocycles. The topological polar surface area (TPSA) is 28.6 Å². The SMILES string of the molecule is CC(C)(C)c1ccnc(-c2c3cc4sccc4cc3cc3sc(Oc4cccc(N5C=CN(c6ccccc6)C5)c4)cc23)c1. The Kier molecular flexibility index (Phi) is 6.43. The summed E-state index contributed by atoms with van der Waals surface area (Å²) in [5, 5.41) is 7.92. The van der Waals surface area contributed by atoms with Gasteiger partial charge in [0.1, 0.15) is 5.75 Å². The summed E-state index contributed by atoms with van der Waals surface area (Å²) in [5.41, 5.74) is 5.73. The summed E-state index contributed by atoms with van der Waals surface area (Å²) in [7, 11) is 0. The number of aromatic nitrogens is 1. The zero-order valence-electron chi connectivity index (χ0n) is 24.8. The standard InChI is InChI=1S/C38H31N3OS2/c1-38(2,3)27-12-14-39-33(20-27)37-31-22-34-25(13-17-43-34)18-26(31)19-35-32(37)23-36(44-35)42-30-11-7-10-29(21-30)41-16-15-40(24-41)28-8-5-4-6-9-28/h4-23H,24H2,1-3H3. The van der Waals surface area contributed by atoms with Crippen LogP contribution in [-0.2, 0) is 5.41 Å². The zero-order valence-corrected chi connectivity index (χ0v) is 26.5. The molecule has 44 heavy (non-hydrogen) atoms. The molecule has 4 nitrogen and oxygen atoms in total. The summed E-state index contributed by atoms with van der Waals surface area (Å²) in [4.78, 5) is 9.39. The largest absolute Gasteiger partial charge is 0.447 e. The third-order valence-corrected chi connectivity index (χ3v) is 10.1. The highest BCUT2D eigenvalue weighted by molar-refractivity contribution is 7.21. The Labute approximate surface area is 265 Å². The molecule has 8 rings (SSSR count). The second-order valence-electron chi connectivity index (χ2n) is 12.3. The molecule has 6 heteroatoms. The number of para-hydroxylation sites is 1. The summed E-state index contributed by atoms with van der Waals surface area (Å²) >= 11 is 3.47. The maximum atomic E-state index is 6.57. The van der Waals surface area contributed by atoms with Crippen molar-refractivity contribution in [2.24, 2.45) is 0 Å². The van der Waals surface area contributed by atoms with E-state index >= 15 is 0 Å². The summed E-state index contributed by atoms with van der Waals surface area (Å²) in [6, 6.07) is 34.5. The van der Waals surface area contributed by atoms with Crippen molar-refractivity contribution < 1.29 is 4.74 Å². The molecule has 0 N–H and O–H groups in total. The normalized spacial score (nSPS) is 13.5. The number of anilines is 2. The predicted octanol–water partition coefficient (Wildman–Crippen LogP) is 11.2. The molecule has 216 valence electrons. The molecule has 0 aliphatic carbocycles. The van der Waals surface area contributed by atoms with E-state index in [0.29, 0.717) is 0 Å². The molecule has 3 aromatic heterocycles. The lowest BCUT2D eigenvalue weighted by Gasteiger charge is -2.21. The molecular weight excluding hydrogens is 579 g/mol. The summed E-state index contributed by atoms with van der Waals surface area (Å²) in [5.74, 6) is 0.820. The summed E-state index contributed by atoms with van der Waals surface area (Å²) in [6.45, 7) is 7.51. The van der Waals surface area contributed by atoms with Crippen LogP contribution in [0, 0.1) is 0 Å². The first kappa shape index (κ1) is 26.9.